The quantitative estimate of drug-likeness (QED) is 0.562. The lowest BCUT2D eigenvalue weighted by Gasteiger charge is -1.95. The molecule has 0 radical (unpaired) electrons. The first kappa shape index (κ1) is 16.2. The van der Waals surface area contributed by atoms with Crippen molar-refractivity contribution in [2.45, 2.75) is 6.92 Å². The Morgan fingerprint density at radius 1 is 1.42 bits per heavy atom. The maximum absolute atomic E-state index is 11.4. The van der Waals surface area contributed by atoms with Gasteiger partial charge in [-0.2, -0.15) is 4.68 Å². The molecule has 0 saturated heterocycles. The maximum atomic E-state index is 11.4. The molecule has 2 aromatic rings. The minimum absolute atomic E-state index is 0. The highest BCUT2D eigenvalue weighted by molar-refractivity contribution is 5.96. The van der Waals surface area contributed by atoms with Crippen molar-refractivity contribution in [2.24, 2.45) is 12.8 Å². The van der Waals surface area contributed by atoms with Gasteiger partial charge in [-0.25, -0.2) is 14.2 Å². The van der Waals surface area contributed by atoms with Crippen LogP contribution < -0.4 is 11.4 Å². The van der Waals surface area contributed by atoms with E-state index in [1.165, 1.54) is 13.4 Å². The Labute approximate surface area is 105 Å². The van der Waals surface area contributed by atoms with Crippen LogP contribution in [-0.2, 0) is 11.8 Å². The Hall–Kier alpha value is -2.82. The fourth-order valence-electron chi connectivity index (χ4n) is 1.05. The third-order valence-corrected chi connectivity index (χ3v) is 1.73. The average Bonchev–Trinajstić information content (AvgIpc) is 2.67. The van der Waals surface area contributed by atoms with E-state index in [1.807, 2.05) is 0 Å². The molecule has 0 aromatic carbocycles. The van der Waals surface area contributed by atoms with Gasteiger partial charge in [0.25, 0.3) is 11.9 Å². The normalized spacial score (nSPS) is 9.16. The van der Waals surface area contributed by atoms with E-state index in [-0.39, 0.29) is 16.8 Å². The van der Waals surface area contributed by atoms with E-state index in [0.717, 1.165) is 16.0 Å². The van der Waals surface area contributed by atoms with Gasteiger partial charge in [-0.1, -0.05) is 5.21 Å². The minimum Gasteiger partial charge on any atom is -0.481 e. The molecule has 0 fully saturated rings. The van der Waals surface area contributed by atoms with Crippen LogP contribution in [0.4, 0.5) is 0 Å². The van der Waals surface area contributed by atoms with Crippen molar-refractivity contribution in [3.63, 3.8) is 0 Å². The number of rotatable bonds is 1. The van der Waals surface area contributed by atoms with Crippen LogP contribution in [0.1, 0.15) is 17.4 Å². The van der Waals surface area contributed by atoms with Gasteiger partial charge in [-0.3, -0.25) is 9.59 Å². The van der Waals surface area contributed by atoms with Crippen LogP contribution in [0.15, 0.2) is 11.1 Å². The summed E-state index contributed by atoms with van der Waals surface area (Å²) in [6.07, 6.45) is 1.19. The number of amides is 1. The van der Waals surface area contributed by atoms with Gasteiger partial charge < -0.3 is 16.3 Å². The van der Waals surface area contributed by atoms with Crippen LogP contribution in [-0.4, -0.2) is 46.8 Å². The van der Waals surface area contributed by atoms with E-state index >= 15 is 0 Å². The van der Waals surface area contributed by atoms with Crippen molar-refractivity contribution in [1.82, 2.24) is 24.4 Å². The van der Waals surface area contributed by atoms with Crippen LogP contribution in [0.2, 0.25) is 0 Å². The summed E-state index contributed by atoms with van der Waals surface area (Å²) in [5, 5.41) is 14.6. The van der Waals surface area contributed by atoms with Crippen molar-refractivity contribution in [1.29, 1.82) is 0 Å². The van der Waals surface area contributed by atoms with E-state index in [9.17, 15) is 9.59 Å². The first-order valence-electron chi connectivity index (χ1n) is 4.61. The number of carbonyl (C=O) groups excluding carboxylic acids is 1. The van der Waals surface area contributed by atoms with Crippen molar-refractivity contribution >= 4 is 17.5 Å². The summed E-state index contributed by atoms with van der Waals surface area (Å²) in [6.45, 7) is 1.08. The van der Waals surface area contributed by atoms with Crippen molar-refractivity contribution < 1.29 is 20.2 Å². The number of aliphatic carboxylic acids is 1. The summed E-state index contributed by atoms with van der Waals surface area (Å²) >= 11 is 0. The molecule has 0 aliphatic heterocycles. The molecule has 0 aliphatic rings. The second-order valence-electron chi connectivity index (χ2n) is 3.17. The Balaban J connectivity index is 0.000000576. The third kappa shape index (κ3) is 3.57. The molecule has 0 bridgehead atoms. The number of carboxylic acids is 1. The number of nitrogens with zero attached hydrogens (tertiary/aromatic N) is 5. The second-order valence-corrected chi connectivity index (χ2v) is 3.17. The number of hydrogen-bond acceptors (Lipinski definition) is 6. The first-order valence-corrected chi connectivity index (χ1v) is 4.61. The van der Waals surface area contributed by atoms with Crippen LogP contribution in [0.5, 0.6) is 0 Å². The summed E-state index contributed by atoms with van der Waals surface area (Å²) in [5.41, 5.74) is 4.60. The van der Waals surface area contributed by atoms with Gasteiger partial charge in [0.15, 0.2) is 11.3 Å². The summed E-state index contributed by atoms with van der Waals surface area (Å²) in [5.74, 6) is -1.57. The van der Waals surface area contributed by atoms with Crippen LogP contribution >= 0.6 is 0 Å². The number of primary amides is 1. The Kier molecular flexibility index (Phi) is 5.28. The molecule has 11 nitrogen and oxygen atoms in total. The lowest BCUT2D eigenvalue weighted by molar-refractivity contribution is -0.134. The number of hydrogen-bond donors (Lipinski definition) is 2. The topological polar surface area (TPSA) is 177 Å². The van der Waals surface area contributed by atoms with E-state index < -0.39 is 17.6 Å². The molecule has 0 spiro atoms. The molecule has 0 atom stereocenters. The summed E-state index contributed by atoms with van der Waals surface area (Å²) < 4.78 is 2.13. The Bertz CT molecular complexity index is 655. The second kappa shape index (κ2) is 6.20. The fraction of sp³-hybridized carbons (Fsp3) is 0.250. The van der Waals surface area contributed by atoms with E-state index in [4.69, 9.17) is 15.6 Å². The van der Waals surface area contributed by atoms with E-state index in [2.05, 4.69) is 15.3 Å². The molecule has 11 heteroatoms. The number of aromatic nitrogens is 5. The number of carbonyl (C=O) groups is 2. The molecule has 0 saturated carbocycles. The van der Waals surface area contributed by atoms with Crippen LogP contribution in [0, 0.1) is 0 Å². The van der Waals surface area contributed by atoms with Gasteiger partial charge in [-0.05, 0) is 0 Å². The predicted octanol–water partition coefficient (Wildman–Crippen LogP) is -2.81. The Morgan fingerprint density at radius 3 is 2.42 bits per heavy atom. The third-order valence-electron chi connectivity index (χ3n) is 1.73. The van der Waals surface area contributed by atoms with Crippen LogP contribution in [0.3, 0.4) is 0 Å². The van der Waals surface area contributed by atoms with Gasteiger partial charge in [-0.15, -0.1) is 5.10 Å². The minimum atomic E-state index is -0.833. The van der Waals surface area contributed by atoms with Gasteiger partial charge >= 0.3 is 5.69 Å². The lowest BCUT2D eigenvalue weighted by Crippen LogP contribution is -2.27. The van der Waals surface area contributed by atoms with Gasteiger partial charge in [0.1, 0.15) is 6.33 Å². The highest BCUT2D eigenvalue weighted by atomic mass is 16.4. The van der Waals surface area contributed by atoms with Gasteiger partial charge in [0.05, 0.1) is 0 Å². The standard InChI is InChI=1S/C6H6N6O2.C2H4O2.H2O/c1-11-6(14)12-2-8-3(4(7)13)5(12)9-10-11;1-2(3)4;/h2H,1H3,(H2,7,13);1H3,(H,3,4);1H2. The van der Waals surface area contributed by atoms with E-state index in [0.29, 0.717) is 0 Å². The first-order chi connectivity index (χ1) is 8.34. The SMILES string of the molecule is CC(=O)O.Cn1nnc2c(C(N)=O)ncn2c1=O.O. The summed E-state index contributed by atoms with van der Waals surface area (Å²) in [7, 11) is 1.44. The summed E-state index contributed by atoms with van der Waals surface area (Å²) in [6, 6.07) is 0. The smallest absolute Gasteiger partial charge is 0.352 e. The van der Waals surface area contributed by atoms with Crippen molar-refractivity contribution in [2.75, 3.05) is 0 Å². The molecule has 2 rings (SSSR count). The number of aryl methyl sites for hydroxylation is 1. The van der Waals surface area contributed by atoms with Crippen LogP contribution in [0.25, 0.3) is 5.65 Å². The van der Waals surface area contributed by atoms with Crippen molar-refractivity contribution in [3.05, 3.63) is 22.5 Å². The molecule has 5 N–H and O–H groups in total. The van der Waals surface area contributed by atoms with Crippen molar-refractivity contribution in [3.8, 4) is 0 Å². The number of carboxylic acid groups (broad SMARTS) is 1. The molecule has 19 heavy (non-hydrogen) atoms. The predicted molar refractivity (Wildman–Crippen MR) is 61.5 cm³/mol. The highest BCUT2D eigenvalue weighted by Gasteiger charge is 2.13. The Morgan fingerprint density at radius 2 is 1.95 bits per heavy atom. The van der Waals surface area contributed by atoms with Gasteiger partial charge in [0.2, 0.25) is 0 Å². The van der Waals surface area contributed by atoms with E-state index in [1.54, 1.807) is 0 Å². The average molecular weight is 272 g/mol. The molecule has 0 unspecified atom stereocenters. The molecule has 0 aliphatic carbocycles. The number of fused-ring (bicyclic) bond motifs is 1. The molecule has 2 heterocycles. The monoisotopic (exact) mass is 272 g/mol. The zero-order chi connectivity index (χ0) is 13.9. The zero-order valence-electron chi connectivity index (χ0n) is 10.1. The molecular weight excluding hydrogens is 260 g/mol. The largest absolute Gasteiger partial charge is 0.481 e. The highest BCUT2D eigenvalue weighted by Crippen LogP contribution is 2.00. The maximum Gasteiger partial charge on any atom is 0.352 e. The zero-order valence-corrected chi connectivity index (χ0v) is 10.1. The lowest BCUT2D eigenvalue weighted by atomic mass is 10.4. The molecular formula is C8H12N6O5. The molecule has 1 amide bonds. The summed E-state index contributed by atoms with van der Waals surface area (Å²) in [4.78, 5) is 34.9. The fourth-order valence-corrected chi connectivity index (χ4v) is 1.05. The molecule has 104 valence electrons. The van der Waals surface area contributed by atoms with Gasteiger partial charge in [0, 0.05) is 14.0 Å². The molecule has 2 aromatic heterocycles. The number of imidazole rings is 1. The number of nitrogens with two attached hydrogens (primary N) is 1.